The summed E-state index contributed by atoms with van der Waals surface area (Å²) in [7, 11) is 0. The summed E-state index contributed by atoms with van der Waals surface area (Å²) in [6.07, 6.45) is 10.0. The SMILES string of the molecule is C1=CCC(c2c3ccccc3c(-c3ccccc3)c3cc(-c4cccc(-c5cc6ccccc6c6c5oc5ccccc56)c4)ccc23)C=C1. The summed E-state index contributed by atoms with van der Waals surface area (Å²) in [5, 5.41) is 10.0. The van der Waals surface area contributed by atoms with Crippen molar-refractivity contribution in [2.45, 2.75) is 12.3 Å². The first-order valence-corrected chi connectivity index (χ1v) is 17.1. The number of hydrogen-bond acceptors (Lipinski definition) is 1. The molecule has 0 N–H and O–H groups in total. The van der Waals surface area contributed by atoms with Crippen LogP contribution in [0.4, 0.5) is 0 Å². The lowest BCUT2D eigenvalue weighted by Crippen LogP contribution is -2.01. The van der Waals surface area contributed by atoms with Gasteiger partial charge in [-0.2, -0.15) is 0 Å². The van der Waals surface area contributed by atoms with E-state index in [1.807, 2.05) is 6.07 Å². The highest BCUT2D eigenvalue weighted by Crippen LogP contribution is 2.46. The third-order valence-electron chi connectivity index (χ3n) is 10.4. The topological polar surface area (TPSA) is 13.1 Å². The monoisotopic (exact) mass is 624 g/mol. The molecule has 49 heavy (non-hydrogen) atoms. The fourth-order valence-electron chi connectivity index (χ4n) is 8.16. The predicted molar refractivity (Wildman–Crippen MR) is 208 cm³/mol. The van der Waals surface area contributed by atoms with Gasteiger partial charge in [-0.1, -0.05) is 152 Å². The zero-order valence-electron chi connectivity index (χ0n) is 26.9. The standard InChI is InChI=1S/C48H32O/c1-3-14-31(15-4-1)45-38-22-9-10-23-39(38)46(32-16-5-2-6-17-32)43-29-34(26-27-40(43)45)33-19-13-20-35(28-33)42-30-36-18-7-8-21-37(36)47-41-24-11-12-25-44(41)49-48(42)47/h1-14,16-31H,15H2. The van der Waals surface area contributed by atoms with Crippen molar-refractivity contribution in [3.8, 4) is 33.4 Å². The molecular formula is C48H32O. The highest BCUT2D eigenvalue weighted by Gasteiger charge is 2.21. The minimum absolute atomic E-state index is 0.329. The second-order valence-corrected chi connectivity index (χ2v) is 13.1. The van der Waals surface area contributed by atoms with Gasteiger partial charge in [0.15, 0.2) is 0 Å². The quantitative estimate of drug-likeness (QED) is 0.178. The van der Waals surface area contributed by atoms with Crippen molar-refractivity contribution in [3.05, 3.63) is 182 Å². The van der Waals surface area contributed by atoms with Gasteiger partial charge in [0, 0.05) is 22.3 Å². The van der Waals surface area contributed by atoms with E-state index in [-0.39, 0.29) is 0 Å². The van der Waals surface area contributed by atoms with Crippen LogP contribution in [-0.4, -0.2) is 0 Å². The minimum Gasteiger partial charge on any atom is -0.455 e. The largest absolute Gasteiger partial charge is 0.455 e. The number of hydrogen-bond donors (Lipinski definition) is 0. The van der Waals surface area contributed by atoms with Gasteiger partial charge in [0.1, 0.15) is 11.2 Å². The zero-order valence-corrected chi connectivity index (χ0v) is 26.9. The molecule has 230 valence electrons. The van der Waals surface area contributed by atoms with Gasteiger partial charge >= 0.3 is 0 Å². The van der Waals surface area contributed by atoms with Crippen molar-refractivity contribution >= 4 is 54.3 Å². The summed E-state index contributed by atoms with van der Waals surface area (Å²) in [4.78, 5) is 0. The fraction of sp³-hybridized carbons (Fsp3) is 0.0417. The van der Waals surface area contributed by atoms with Crippen LogP contribution < -0.4 is 0 Å². The molecule has 9 aromatic rings. The second-order valence-electron chi connectivity index (χ2n) is 13.1. The van der Waals surface area contributed by atoms with Crippen molar-refractivity contribution in [1.29, 1.82) is 0 Å². The molecule has 0 saturated heterocycles. The Labute approximate surface area is 285 Å². The molecular weight excluding hydrogens is 593 g/mol. The molecule has 0 radical (unpaired) electrons. The van der Waals surface area contributed by atoms with Gasteiger partial charge in [-0.15, -0.1) is 0 Å². The number of para-hydroxylation sites is 1. The molecule has 1 aliphatic rings. The first kappa shape index (κ1) is 27.9. The van der Waals surface area contributed by atoms with E-state index in [2.05, 4.69) is 170 Å². The Morgan fingerprint density at radius 2 is 1.16 bits per heavy atom. The van der Waals surface area contributed by atoms with Crippen LogP contribution in [0.2, 0.25) is 0 Å². The molecule has 1 aromatic heterocycles. The summed E-state index contributed by atoms with van der Waals surface area (Å²) in [6, 6.07) is 55.2. The van der Waals surface area contributed by atoms with Gasteiger partial charge in [-0.25, -0.2) is 0 Å². The Hall–Kier alpha value is -6.18. The zero-order chi connectivity index (χ0) is 32.3. The number of furan rings is 1. The molecule has 0 bridgehead atoms. The molecule has 1 heterocycles. The average Bonchev–Trinajstić information content (AvgIpc) is 3.57. The van der Waals surface area contributed by atoms with Crippen LogP contribution in [0.5, 0.6) is 0 Å². The Bertz CT molecular complexity index is 2790. The highest BCUT2D eigenvalue weighted by atomic mass is 16.3. The van der Waals surface area contributed by atoms with E-state index in [0.29, 0.717) is 5.92 Å². The number of allylic oxidation sites excluding steroid dienone is 4. The van der Waals surface area contributed by atoms with E-state index in [4.69, 9.17) is 4.42 Å². The summed E-state index contributed by atoms with van der Waals surface area (Å²) < 4.78 is 6.62. The van der Waals surface area contributed by atoms with Gasteiger partial charge in [0.2, 0.25) is 0 Å². The Balaban J connectivity index is 1.22. The molecule has 1 aliphatic carbocycles. The Morgan fingerprint density at radius 3 is 2.02 bits per heavy atom. The molecule has 0 saturated carbocycles. The van der Waals surface area contributed by atoms with Crippen molar-refractivity contribution < 1.29 is 4.42 Å². The van der Waals surface area contributed by atoms with Crippen LogP contribution in [-0.2, 0) is 0 Å². The first-order chi connectivity index (χ1) is 24.3. The second kappa shape index (κ2) is 11.2. The van der Waals surface area contributed by atoms with Crippen LogP contribution in [0.25, 0.3) is 87.6 Å². The molecule has 0 aliphatic heterocycles. The van der Waals surface area contributed by atoms with Gasteiger partial charge in [-0.3, -0.25) is 0 Å². The number of fused-ring (bicyclic) bond motifs is 7. The highest BCUT2D eigenvalue weighted by molar-refractivity contribution is 6.22. The smallest absolute Gasteiger partial charge is 0.143 e. The Morgan fingerprint density at radius 1 is 0.469 bits per heavy atom. The molecule has 0 amide bonds. The van der Waals surface area contributed by atoms with Gasteiger partial charge in [-0.05, 0) is 96.4 Å². The van der Waals surface area contributed by atoms with Gasteiger partial charge in [0.05, 0.1) is 0 Å². The summed E-state index contributed by atoms with van der Waals surface area (Å²) in [5.41, 5.74) is 10.4. The van der Waals surface area contributed by atoms with E-state index in [1.54, 1.807) is 0 Å². The summed E-state index contributed by atoms with van der Waals surface area (Å²) >= 11 is 0. The predicted octanol–water partition coefficient (Wildman–Crippen LogP) is 13.6. The summed E-state index contributed by atoms with van der Waals surface area (Å²) in [6.45, 7) is 0. The van der Waals surface area contributed by atoms with Crippen LogP contribution >= 0.6 is 0 Å². The third-order valence-corrected chi connectivity index (χ3v) is 10.4. The maximum absolute atomic E-state index is 6.62. The van der Waals surface area contributed by atoms with E-state index in [9.17, 15) is 0 Å². The van der Waals surface area contributed by atoms with Gasteiger partial charge < -0.3 is 4.42 Å². The average molecular weight is 625 g/mol. The van der Waals surface area contributed by atoms with Crippen LogP contribution in [0.15, 0.2) is 180 Å². The molecule has 1 atom stereocenters. The first-order valence-electron chi connectivity index (χ1n) is 17.1. The van der Waals surface area contributed by atoms with Crippen LogP contribution in [0.1, 0.15) is 17.9 Å². The lowest BCUT2D eigenvalue weighted by atomic mass is 9.81. The Kier molecular flexibility index (Phi) is 6.38. The van der Waals surface area contributed by atoms with E-state index < -0.39 is 0 Å². The van der Waals surface area contributed by atoms with Gasteiger partial charge in [0.25, 0.3) is 0 Å². The van der Waals surface area contributed by atoms with E-state index in [1.165, 1.54) is 65.5 Å². The van der Waals surface area contributed by atoms with Crippen molar-refractivity contribution in [2.24, 2.45) is 0 Å². The maximum Gasteiger partial charge on any atom is 0.143 e. The number of rotatable bonds is 4. The van der Waals surface area contributed by atoms with Crippen molar-refractivity contribution in [1.82, 2.24) is 0 Å². The number of benzene rings is 8. The van der Waals surface area contributed by atoms with E-state index in [0.717, 1.165) is 34.1 Å². The molecule has 8 aromatic carbocycles. The lowest BCUT2D eigenvalue weighted by Gasteiger charge is -2.23. The molecule has 1 heteroatoms. The maximum atomic E-state index is 6.62. The van der Waals surface area contributed by atoms with Crippen LogP contribution in [0.3, 0.4) is 0 Å². The molecule has 10 rings (SSSR count). The third kappa shape index (κ3) is 4.47. The van der Waals surface area contributed by atoms with Crippen LogP contribution in [0, 0.1) is 0 Å². The normalized spacial score (nSPS) is 14.5. The van der Waals surface area contributed by atoms with E-state index >= 15 is 0 Å². The molecule has 0 spiro atoms. The molecule has 1 nitrogen and oxygen atoms in total. The summed E-state index contributed by atoms with van der Waals surface area (Å²) in [5.74, 6) is 0.329. The minimum atomic E-state index is 0.329. The lowest BCUT2D eigenvalue weighted by molar-refractivity contribution is 0.670. The van der Waals surface area contributed by atoms with Crippen molar-refractivity contribution in [3.63, 3.8) is 0 Å². The fourth-order valence-corrected chi connectivity index (χ4v) is 8.16. The molecule has 1 unspecified atom stereocenters. The van der Waals surface area contributed by atoms with Crippen molar-refractivity contribution in [2.75, 3.05) is 0 Å². The molecule has 0 fully saturated rings.